The molecule has 110 valence electrons. The summed E-state index contributed by atoms with van der Waals surface area (Å²) in [5.74, 6) is 0. The van der Waals surface area contributed by atoms with Gasteiger partial charge in [0.1, 0.15) is 0 Å². The van der Waals surface area contributed by atoms with Crippen LogP contribution >= 0.6 is 0 Å². The number of carbonyl (C=O) groups excluding carboxylic acids is 1. The maximum absolute atomic E-state index is 11.7. The molecular formula is C21H15NO. The van der Waals surface area contributed by atoms with Crippen molar-refractivity contribution < 1.29 is 4.79 Å². The van der Waals surface area contributed by atoms with E-state index in [0.29, 0.717) is 5.56 Å². The number of aldehydes is 1. The third kappa shape index (κ3) is 2.08. The van der Waals surface area contributed by atoms with Crippen molar-refractivity contribution >= 4 is 33.7 Å². The van der Waals surface area contributed by atoms with Crippen LogP contribution in [-0.2, 0) is 0 Å². The molecule has 4 aromatic rings. The van der Waals surface area contributed by atoms with E-state index in [1.54, 1.807) is 0 Å². The highest BCUT2D eigenvalue weighted by Crippen LogP contribution is 2.29. The van der Waals surface area contributed by atoms with Gasteiger partial charge in [-0.2, -0.15) is 0 Å². The molecule has 1 aromatic heterocycles. The van der Waals surface area contributed by atoms with Crippen molar-refractivity contribution in [1.29, 1.82) is 0 Å². The first-order chi connectivity index (χ1) is 11.3. The lowest BCUT2D eigenvalue weighted by Gasteiger charge is -2.13. The molecule has 3 aromatic carbocycles. The quantitative estimate of drug-likeness (QED) is 0.481. The van der Waals surface area contributed by atoms with Crippen LogP contribution in [-0.4, -0.2) is 10.9 Å². The van der Waals surface area contributed by atoms with E-state index in [4.69, 9.17) is 0 Å². The number of hydrogen-bond donors (Lipinski definition) is 0. The Morgan fingerprint density at radius 1 is 0.870 bits per heavy atom. The predicted molar refractivity (Wildman–Crippen MR) is 95.7 cm³/mol. The van der Waals surface area contributed by atoms with Crippen molar-refractivity contribution in [3.63, 3.8) is 0 Å². The fourth-order valence-corrected chi connectivity index (χ4v) is 3.12. The second-order valence-electron chi connectivity index (χ2n) is 5.56. The summed E-state index contributed by atoms with van der Waals surface area (Å²) in [4.78, 5) is 11.7. The van der Waals surface area contributed by atoms with Gasteiger partial charge in [-0.05, 0) is 28.3 Å². The first-order valence-corrected chi connectivity index (χ1v) is 7.52. The lowest BCUT2D eigenvalue weighted by molar-refractivity contribution is 0.112. The van der Waals surface area contributed by atoms with Crippen molar-refractivity contribution in [2.24, 2.45) is 0 Å². The van der Waals surface area contributed by atoms with Gasteiger partial charge in [-0.25, -0.2) is 0 Å². The molecule has 2 heteroatoms. The number of nitrogens with zero attached hydrogens (tertiary/aromatic N) is 1. The molecule has 0 fully saturated rings. The standard InChI is InChI=1S/C21H15NO/c1-15(22-13-12-17-7-3-5-9-21(17)22)18-11-10-16-6-2-4-8-19(16)20(18)14-23/h2-14H,1H2. The Morgan fingerprint density at radius 3 is 2.43 bits per heavy atom. The Kier molecular flexibility index (Phi) is 3.09. The SMILES string of the molecule is C=C(c1ccc2ccccc2c1C=O)n1ccc2ccccc21. The molecule has 0 amide bonds. The molecule has 2 nitrogen and oxygen atoms in total. The molecule has 0 bridgehead atoms. The predicted octanol–water partition coefficient (Wildman–Crippen LogP) is 5.13. The highest BCUT2D eigenvalue weighted by molar-refractivity contribution is 6.03. The largest absolute Gasteiger partial charge is 0.317 e. The van der Waals surface area contributed by atoms with E-state index in [1.807, 2.05) is 59.3 Å². The zero-order chi connectivity index (χ0) is 15.8. The van der Waals surface area contributed by atoms with E-state index >= 15 is 0 Å². The van der Waals surface area contributed by atoms with Gasteiger partial charge in [0.05, 0.1) is 5.52 Å². The molecule has 23 heavy (non-hydrogen) atoms. The molecule has 0 atom stereocenters. The van der Waals surface area contributed by atoms with Crippen LogP contribution in [0.2, 0.25) is 0 Å². The van der Waals surface area contributed by atoms with E-state index in [2.05, 4.69) is 24.8 Å². The average molecular weight is 297 g/mol. The van der Waals surface area contributed by atoms with Crippen LogP contribution in [0.5, 0.6) is 0 Å². The minimum Gasteiger partial charge on any atom is -0.317 e. The molecule has 0 aliphatic carbocycles. The van der Waals surface area contributed by atoms with Crippen LogP contribution in [0.4, 0.5) is 0 Å². The Morgan fingerprint density at radius 2 is 1.61 bits per heavy atom. The minimum absolute atomic E-state index is 0.686. The number of hydrogen-bond acceptors (Lipinski definition) is 1. The summed E-state index contributed by atoms with van der Waals surface area (Å²) in [7, 11) is 0. The van der Waals surface area contributed by atoms with Gasteiger partial charge in [-0.15, -0.1) is 0 Å². The maximum atomic E-state index is 11.7. The van der Waals surface area contributed by atoms with Crippen LogP contribution in [0.3, 0.4) is 0 Å². The summed E-state index contributed by atoms with van der Waals surface area (Å²) in [6.07, 6.45) is 2.92. The number of fused-ring (bicyclic) bond motifs is 2. The van der Waals surface area contributed by atoms with Gasteiger partial charge in [0.25, 0.3) is 0 Å². The minimum atomic E-state index is 0.686. The highest BCUT2D eigenvalue weighted by atomic mass is 16.1. The molecule has 4 rings (SSSR count). The molecule has 1 heterocycles. The smallest absolute Gasteiger partial charge is 0.151 e. The lowest BCUT2D eigenvalue weighted by Crippen LogP contribution is -2.00. The van der Waals surface area contributed by atoms with Crippen LogP contribution in [0.15, 0.2) is 79.5 Å². The molecule has 0 aliphatic heterocycles. The van der Waals surface area contributed by atoms with Gasteiger partial charge < -0.3 is 4.57 Å². The van der Waals surface area contributed by atoms with Crippen LogP contribution in [0.25, 0.3) is 27.4 Å². The zero-order valence-electron chi connectivity index (χ0n) is 12.6. The number of rotatable bonds is 3. The van der Waals surface area contributed by atoms with Crippen LogP contribution in [0.1, 0.15) is 15.9 Å². The van der Waals surface area contributed by atoms with Gasteiger partial charge in [0.2, 0.25) is 0 Å². The third-order valence-electron chi connectivity index (χ3n) is 4.29. The molecule has 0 saturated carbocycles. The fourth-order valence-electron chi connectivity index (χ4n) is 3.12. The van der Waals surface area contributed by atoms with Gasteiger partial charge in [0.15, 0.2) is 6.29 Å². The van der Waals surface area contributed by atoms with Crippen molar-refractivity contribution in [3.05, 3.63) is 90.6 Å². The molecule has 0 unspecified atom stereocenters. The molecular weight excluding hydrogens is 282 g/mol. The van der Waals surface area contributed by atoms with Crippen LogP contribution in [0, 0.1) is 0 Å². The van der Waals surface area contributed by atoms with E-state index in [9.17, 15) is 4.79 Å². The number of benzene rings is 3. The monoisotopic (exact) mass is 297 g/mol. The fraction of sp³-hybridized carbons (Fsp3) is 0. The third-order valence-corrected chi connectivity index (χ3v) is 4.29. The van der Waals surface area contributed by atoms with Gasteiger partial charge in [0, 0.05) is 23.0 Å². The summed E-state index contributed by atoms with van der Waals surface area (Å²) in [5, 5.41) is 3.17. The summed E-state index contributed by atoms with van der Waals surface area (Å²) in [6, 6.07) is 22.1. The van der Waals surface area contributed by atoms with E-state index in [1.165, 1.54) is 0 Å². The molecule has 0 spiro atoms. The second kappa shape index (κ2) is 5.25. The molecule has 0 saturated heterocycles. The van der Waals surface area contributed by atoms with Crippen molar-refractivity contribution in [1.82, 2.24) is 4.57 Å². The second-order valence-corrected chi connectivity index (χ2v) is 5.56. The van der Waals surface area contributed by atoms with Gasteiger partial charge in [-0.3, -0.25) is 4.79 Å². The topological polar surface area (TPSA) is 22.0 Å². The average Bonchev–Trinajstić information content (AvgIpc) is 3.04. The Labute approximate surface area is 134 Å². The summed E-state index contributed by atoms with van der Waals surface area (Å²) >= 11 is 0. The lowest BCUT2D eigenvalue weighted by atomic mass is 9.98. The first kappa shape index (κ1) is 13.5. The van der Waals surface area contributed by atoms with Crippen molar-refractivity contribution in [2.75, 3.05) is 0 Å². The van der Waals surface area contributed by atoms with Crippen molar-refractivity contribution in [2.45, 2.75) is 0 Å². The van der Waals surface area contributed by atoms with E-state index in [0.717, 1.165) is 39.2 Å². The Hall–Kier alpha value is -3.13. The first-order valence-electron chi connectivity index (χ1n) is 7.52. The number of aromatic nitrogens is 1. The molecule has 0 radical (unpaired) electrons. The van der Waals surface area contributed by atoms with Gasteiger partial charge >= 0.3 is 0 Å². The van der Waals surface area contributed by atoms with Crippen LogP contribution < -0.4 is 0 Å². The van der Waals surface area contributed by atoms with E-state index < -0.39 is 0 Å². The summed E-state index contributed by atoms with van der Waals surface area (Å²) < 4.78 is 2.03. The Bertz CT molecular complexity index is 1060. The normalized spacial score (nSPS) is 11.0. The highest BCUT2D eigenvalue weighted by Gasteiger charge is 2.12. The number of para-hydroxylation sites is 1. The summed E-state index contributed by atoms with van der Waals surface area (Å²) in [6.45, 7) is 4.24. The van der Waals surface area contributed by atoms with Crippen molar-refractivity contribution in [3.8, 4) is 0 Å². The molecule has 0 N–H and O–H groups in total. The Balaban J connectivity index is 1.95. The van der Waals surface area contributed by atoms with E-state index in [-0.39, 0.29) is 0 Å². The summed E-state index contributed by atoms with van der Waals surface area (Å²) in [5.41, 5.74) is 3.44. The zero-order valence-corrected chi connectivity index (χ0v) is 12.6. The maximum Gasteiger partial charge on any atom is 0.151 e. The van der Waals surface area contributed by atoms with Gasteiger partial charge in [-0.1, -0.05) is 61.2 Å². The molecule has 0 aliphatic rings. The number of carbonyl (C=O) groups is 1.